The highest BCUT2D eigenvalue weighted by Gasteiger charge is 2.94. The summed E-state index contributed by atoms with van der Waals surface area (Å²) in [6, 6.07) is 19.6. The second-order valence-corrected chi connectivity index (χ2v) is 23.2. The second kappa shape index (κ2) is 30.5. The number of hydrogen-bond acceptors (Lipinski definition) is 8. The van der Waals surface area contributed by atoms with E-state index in [9.17, 15) is 146 Å². The van der Waals surface area contributed by atoms with Gasteiger partial charge in [0.25, 0.3) is 0 Å². The molecule has 0 N–H and O–H groups in total. The summed E-state index contributed by atoms with van der Waals surface area (Å²) in [6.07, 6.45) is -22.8. The number of unbranched alkanes of at least 4 members (excludes halogenated alkanes) is 10. The van der Waals surface area contributed by atoms with Crippen LogP contribution >= 0.6 is 0 Å². The van der Waals surface area contributed by atoms with E-state index in [4.69, 9.17) is 23.7 Å². The average Bonchev–Trinajstić information content (AvgIpc) is 0.709. The number of ether oxygens (including phenoxy) is 5. The molecule has 0 aromatic heterocycles. The van der Waals surface area contributed by atoms with Crippen LogP contribution in [0.4, 0.5) is 132 Å². The number of carbonyl (C=O) groups is 3. The monoisotopic (exact) mass is 1490 g/mol. The third-order valence-corrected chi connectivity index (χ3v) is 14.8. The molecule has 0 amide bonds. The van der Waals surface area contributed by atoms with Crippen molar-refractivity contribution in [3.63, 3.8) is 0 Å². The smallest absolute Gasteiger partial charge is 0.460 e. The minimum Gasteiger partial charge on any atom is -0.494 e. The van der Waals surface area contributed by atoms with Crippen LogP contribution in [0.2, 0.25) is 0 Å². The largest absolute Gasteiger partial charge is 0.494 e. The molecule has 8 nitrogen and oxygen atoms in total. The van der Waals surface area contributed by atoms with Gasteiger partial charge in [-0.3, -0.25) is 0 Å². The minimum atomic E-state index is -8.36. The summed E-state index contributed by atoms with van der Waals surface area (Å²) < 4.78 is 432. The molecule has 0 saturated heterocycles. The molecule has 0 aliphatic rings. The van der Waals surface area contributed by atoms with Crippen LogP contribution in [-0.2, 0) is 5.41 Å². The summed E-state index contributed by atoms with van der Waals surface area (Å²) in [7, 11) is 0. The fraction of sp³-hybridized carbons (Fsp3) is 0.557. The molecule has 0 radical (unpaired) electrons. The molecule has 4 aromatic rings. The van der Waals surface area contributed by atoms with Crippen molar-refractivity contribution in [3.05, 3.63) is 113 Å². The number of halogens is 30. The van der Waals surface area contributed by atoms with Gasteiger partial charge in [0, 0.05) is 18.9 Å². The Morgan fingerprint density at radius 3 is 0.869 bits per heavy atom. The standard InChI is InChI=1S/C61H56F30O8/c1-47(2,3)38-22-16-35(17-23-38)46(94)99-43-34-41(97-44(92)36-18-24-39(25-19-36)95-32-14-10-6-4-8-12-30-48(62,63)50(66,67)52(70,71)54(74,75)56(78,79)58(82,83)60(86,87)88)28-29-42(43)98-45(93)37-20-26-40(27-21-37)96-33-15-11-7-5-9-13-31-49(64,65)51(68,69)53(72,73)55(76,77)57(80,81)59(84,85)61(89,90)91/h16-29,34H,4-15,30-33H2,1-3H3. The van der Waals surface area contributed by atoms with Crippen LogP contribution in [0.25, 0.3) is 0 Å². The van der Waals surface area contributed by atoms with E-state index in [2.05, 4.69) is 0 Å². The van der Waals surface area contributed by atoms with Crippen molar-refractivity contribution >= 4 is 17.9 Å². The lowest BCUT2D eigenvalue weighted by atomic mass is 9.87. The Kier molecular flexibility index (Phi) is 26.0. The summed E-state index contributed by atoms with van der Waals surface area (Å²) in [6.45, 7) is 5.60. The Balaban J connectivity index is 1.28. The van der Waals surface area contributed by atoms with Gasteiger partial charge < -0.3 is 23.7 Å². The van der Waals surface area contributed by atoms with Gasteiger partial charge in [-0.2, -0.15) is 132 Å². The van der Waals surface area contributed by atoms with Crippen molar-refractivity contribution in [1.29, 1.82) is 0 Å². The first-order valence-corrected chi connectivity index (χ1v) is 28.9. The van der Waals surface area contributed by atoms with Crippen LogP contribution in [0.1, 0.15) is 147 Å². The third-order valence-electron chi connectivity index (χ3n) is 14.8. The molecular formula is C61H56F30O8. The van der Waals surface area contributed by atoms with Crippen LogP contribution in [-0.4, -0.2) is 115 Å². The lowest BCUT2D eigenvalue weighted by molar-refractivity contribution is -0.452. The average molecular weight is 1490 g/mol. The third kappa shape index (κ3) is 17.9. The zero-order valence-corrected chi connectivity index (χ0v) is 51.1. The van der Waals surface area contributed by atoms with Gasteiger partial charge >= 0.3 is 101 Å². The van der Waals surface area contributed by atoms with Crippen molar-refractivity contribution in [2.24, 2.45) is 0 Å². The quantitative estimate of drug-likeness (QED) is 0.0192. The van der Waals surface area contributed by atoms with Gasteiger partial charge in [0.2, 0.25) is 0 Å². The molecule has 38 heteroatoms. The van der Waals surface area contributed by atoms with E-state index in [1.165, 1.54) is 60.7 Å². The minimum absolute atomic E-state index is 0.0269. The molecule has 99 heavy (non-hydrogen) atoms. The maximum atomic E-state index is 14.2. The molecule has 0 aliphatic heterocycles. The van der Waals surface area contributed by atoms with E-state index in [1.54, 1.807) is 12.1 Å². The molecule has 0 bridgehead atoms. The first kappa shape index (κ1) is 84.2. The first-order valence-electron chi connectivity index (χ1n) is 28.9. The lowest BCUT2D eigenvalue weighted by Crippen LogP contribution is -2.72. The van der Waals surface area contributed by atoms with Crippen molar-refractivity contribution in [3.8, 4) is 28.7 Å². The van der Waals surface area contributed by atoms with Gasteiger partial charge in [0.1, 0.15) is 17.2 Å². The topological polar surface area (TPSA) is 97.4 Å². The molecule has 0 unspecified atom stereocenters. The zero-order chi connectivity index (χ0) is 75.9. The Bertz CT molecular complexity index is 3320. The van der Waals surface area contributed by atoms with Crippen molar-refractivity contribution < 1.29 is 170 Å². The van der Waals surface area contributed by atoms with Gasteiger partial charge in [-0.05, 0) is 109 Å². The van der Waals surface area contributed by atoms with E-state index in [1.807, 2.05) is 20.8 Å². The highest BCUT2D eigenvalue weighted by atomic mass is 19.4. The normalized spacial score (nSPS) is 14.1. The van der Waals surface area contributed by atoms with Crippen molar-refractivity contribution in [1.82, 2.24) is 0 Å². The number of hydrogen-bond donors (Lipinski definition) is 0. The lowest BCUT2D eigenvalue weighted by Gasteiger charge is -2.41. The fourth-order valence-corrected chi connectivity index (χ4v) is 8.69. The van der Waals surface area contributed by atoms with Gasteiger partial charge in [-0.15, -0.1) is 0 Å². The zero-order valence-electron chi connectivity index (χ0n) is 51.1. The summed E-state index contributed by atoms with van der Waals surface area (Å²) in [5.74, 6) is -97.3. The SMILES string of the molecule is CC(C)(C)c1ccc(C(=O)Oc2cc(OC(=O)c3ccc(OCCCCCCCCC(F)(F)C(F)(F)C(F)(F)C(F)(F)C(F)(F)C(F)(F)C(F)(F)F)cc3)ccc2OC(=O)c2ccc(OCCCCCCCCC(F)(F)C(F)(F)C(F)(F)C(F)(F)C(F)(F)C(F)(F)C(F)(F)F)cc2)cc1. The number of rotatable bonds is 36. The predicted octanol–water partition coefficient (Wildman–Crippen LogP) is 21.6. The van der Waals surface area contributed by atoms with Crippen LogP contribution in [0.5, 0.6) is 28.7 Å². The number of carbonyl (C=O) groups excluding carboxylic acids is 3. The fourth-order valence-electron chi connectivity index (χ4n) is 8.69. The first-order chi connectivity index (χ1) is 44.9. The maximum absolute atomic E-state index is 14.2. The molecule has 0 spiro atoms. The molecule has 0 heterocycles. The van der Waals surface area contributed by atoms with E-state index < -0.39 is 146 Å². The van der Waals surface area contributed by atoms with E-state index >= 15 is 0 Å². The van der Waals surface area contributed by atoms with E-state index in [0.29, 0.717) is 0 Å². The van der Waals surface area contributed by atoms with Crippen LogP contribution in [0.3, 0.4) is 0 Å². The predicted molar refractivity (Wildman–Crippen MR) is 286 cm³/mol. The number of benzene rings is 4. The molecule has 0 atom stereocenters. The Labute approximate surface area is 541 Å². The second-order valence-electron chi connectivity index (χ2n) is 23.2. The van der Waals surface area contributed by atoms with Gasteiger partial charge in [0.15, 0.2) is 11.5 Å². The number of esters is 3. The highest BCUT2D eigenvalue weighted by Crippen LogP contribution is 2.65. The maximum Gasteiger partial charge on any atom is 0.460 e. The summed E-state index contributed by atoms with van der Waals surface area (Å²) >= 11 is 0. The van der Waals surface area contributed by atoms with Crippen LogP contribution < -0.4 is 23.7 Å². The van der Waals surface area contributed by atoms with Gasteiger partial charge in [-0.1, -0.05) is 84.3 Å². The van der Waals surface area contributed by atoms with Gasteiger partial charge in [-0.25, -0.2) is 14.4 Å². The summed E-state index contributed by atoms with van der Waals surface area (Å²) in [5.41, 5.74) is 0.320. The van der Waals surface area contributed by atoms with Crippen molar-refractivity contribution in [2.75, 3.05) is 13.2 Å². The molecule has 0 fully saturated rings. The molecule has 0 saturated carbocycles. The van der Waals surface area contributed by atoms with Crippen LogP contribution in [0.15, 0.2) is 91.0 Å². The van der Waals surface area contributed by atoms with Gasteiger partial charge in [0.05, 0.1) is 29.9 Å². The van der Waals surface area contributed by atoms with Crippen molar-refractivity contribution in [2.45, 2.75) is 200 Å². The molecule has 0 aliphatic carbocycles. The highest BCUT2D eigenvalue weighted by molar-refractivity contribution is 5.94. The van der Waals surface area contributed by atoms with E-state index in [0.717, 1.165) is 23.8 Å². The molecular weight excluding hydrogens is 1430 g/mol. The summed E-state index contributed by atoms with van der Waals surface area (Å²) in [4.78, 5) is 40.1. The Morgan fingerprint density at radius 2 is 0.545 bits per heavy atom. The molecule has 558 valence electrons. The summed E-state index contributed by atoms with van der Waals surface area (Å²) in [5, 5.41) is 0. The van der Waals surface area contributed by atoms with E-state index in [-0.39, 0.29) is 110 Å². The molecule has 4 aromatic carbocycles. The molecule has 4 rings (SSSR count). The number of alkyl halides is 30. The Hall–Kier alpha value is -7.21. The Morgan fingerprint density at radius 1 is 0.283 bits per heavy atom. The van der Waals surface area contributed by atoms with Crippen LogP contribution in [0, 0.1) is 0 Å².